The Kier molecular flexibility index (Phi) is 5.33. The lowest BCUT2D eigenvalue weighted by Gasteiger charge is -2.13. The average Bonchev–Trinajstić information content (AvgIpc) is 3.04. The van der Waals surface area contributed by atoms with Gasteiger partial charge in [0.1, 0.15) is 5.82 Å². The summed E-state index contributed by atoms with van der Waals surface area (Å²) in [5.41, 5.74) is 11.3. The Labute approximate surface area is 169 Å². The molecule has 2 aromatic heterocycles. The van der Waals surface area contributed by atoms with E-state index < -0.39 is 0 Å². The first-order chi connectivity index (χ1) is 13.7. The van der Waals surface area contributed by atoms with Gasteiger partial charge in [-0.05, 0) is 42.3 Å². The minimum absolute atomic E-state index is 0.522. The van der Waals surface area contributed by atoms with E-state index in [-0.39, 0.29) is 0 Å². The molecule has 0 aliphatic carbocycles. The van der Waals surface area contributed by atoms with Crippen molar-refractivity contribution in [2.24, 2.45) is 0 Å². The molecule has 5 heteroatoms. The van der Waals surface area contributed by atoms with Crippen molar-refractivity contribution >= 4 is 28.3 Å². The van der Waals surface area contributed by atoms with Crippen LogP contribution in [0.1, 0.15) is 11.3 Å². The molecule has 142 valence electrons. The summed E-state index contributed by atoms with van der Waals surface area (Å²) in [6.45, 7) is 1.31. The molecule has 28 heavy (non-hydrogen) atoms. The molecule has 0 aliphatic heterocycles. The van der Waals surface area contributed by atoms with Crippen LogP contribution in [0.15, 0.2) is 66.7 Å². The van der Waals surface area contributed by atoms with Gasteiger partial charge in [0, 0.05) is 28.6 Å². The number of benzene rings is 2. The molecular formula is C23H22ClN3O. The molecule has 4 rings (SSSR count). The molecule has 0 unspecified atom stereocenters. The van der Waals surface area contributed by atoms with Gasteiger partial charge in [0.15, 0.2) is 0 Å². The van der Waals surface area contributed by atoms with Crippen LogP contribution in [0.25, 0.3) is 22.2 Å². The first-order valence-corrected chi connectivity index (χ1v) is 9.61. The quantitative estimate of drug-likeness (QED) is 0.493. The summed E-state index contributed by atoms with van der Waals surface area (Å²) in [6.07, 6.45) is 0.871. The molecule has 0 radical (unpaired) electrons. The van der Waals surface area contributed by atoms with E-state index in [1.807, 2.05) is 36.4 Å². The van der Waals surface area contributed by atoms with Gasteiger partial charge in [-0.1, -0.05) is 48.0 Å². The van der Waals surface area contributed by atoms with Crippen molar-refractivity contribution in [3.63, 3.8) is 0 Å². The Morgan fingerprint density at radius 2 is 1.89 bits per heavy atom. The second-order valence-corrected chi connectivity index (χ2v) is 7.19. The Morgan fingerprint density at radius 3 is 2.68 bits per heavy atom. The van der Waals surface area contributed by atoms with Crippen molar-refractivity contribution in [1.82, 2.24) is 9.55 Å². The second kappa shape index (κ2) is 8.05. The summed E-state index contributed by atoms with van der Waals surface area (Å²) < 4.78 is 7.50. The van der Waals surface area contributed by atoms with Crippen molar-refractivity contribution in [2.45, 2.75) is 13.0 Å². The zero-order valence-electron chi connectivity index (χ0n) is 15.7. The van der Waals surface area contributed by atoms with Gasteiger partial charge in [-0.15, -0.1) is 0 Å². The van der Waals surface area contributed by atoms with E-state index >= 15 is 0 Å². The molecule has 0 saturated carbocycles. The van der Waals surface area contributed by atoms with E-state index in [9.17, 15) is 0 Å². The lowest BCUT2D eigenvalue weighted by atomic mass is 10.1. The molecule has 2 N–H and O–H groups in total. The number of methoxy groups -OCH3 is 1. The molecule has 0 atom stereocenters. The number of hydrogen-bond donors (Lipinski definition) is 1. The highest BCUT2D eigenvalue weighted by Crippen LogP contribution is 2.33. The van der Waals surface area contributed by atoms with Crippen LogP contribution in [0.5, 0.6) is 0 Å². The SMILES string of the molecule is COCCc1ccc2cc(-c3ccccc3Cl)n(Cc3cccc(N)n3)c2c1. The summed E-state index contributed by atoms with van der Waals surface area (Å²) in [5, 5.41) is 1.90. The Balaban J connectivity index is 1.88. The molecule has 4 aromatic rings. The van der Waals surface area contributed by atoms with Crippen molar-refractivity contribution < 1.29 is 4.74 Å². The number of nitrogens with two attached hydrogens (primary N) is 1. The number of fused-ring (bicyclic) bond motifs is 1. The fourth-order valence-corrected chi connectivity index (χ4v) is 3.72. The van der Waals surface area contributed by atoms with Crippen molar-refractivity contribution in [2.75, 3.05) is 19.5 Å². The van der Waals surface area contributed by atoms with Gasteiger partial charge >= 0.3 is 0 Å². The molecular weight excluding hydrogens is 370 g/mol. The van der Waals surface area contributed by atoms with Crippen LogP contribution in [0.2, 0.25) is 5.02 Å². The topological polar surface area (TPSA) is 53.1 Å². The first kappa shape index (κ1) is 18.5. The van der Waals surface area contributed by atoms with Crippen LogP contribution in [0.4, 0.5) is 5.82 Å². The van der Waals surface area contributed by atoms with Gasteiger partial charge < -0.3 is 15.0 Å². The average molecular weight is 392 g/mol. The van der Waals surface area contributed by atoms with Gasteiger partial charge in [-0.25, -0.2) is 4.98 Å². The molecule has 2 aromatic carbocycles. The molecule has 4 nitrogen and oxygen atoms in total. The maximum atomic E-state index is 6.52. The first-order valence-electron chi connectivity index (χ1n) is 9.23. The third kappa shape index (κ3) is 3.75. The van der Waals surface area contributed by atoms with Gasteiger partial charge in [0.05, 0.1) is 24.5 Å². The summed E-state index contributed by atoms with van der Waals surface area (Å²) in [4.78, 5) is 4.49. The number of halogens is 1. The molecule has 0 saturated heterocycles. The third-order valence-electron chi connectivity index (χ3n) is 4.86. The smallest absolute Gasteiger partial charge is 0.123 e. The van der Waals surface area contributed by atoms with Gasteiger partial charge in [0.25, 0.3) is 0 Å². The van der Waals surface area contributed by atoms with E-state index in [1.165, 1.54) is 10.9 Å². The maximum Gasteiger partial charge on any atom is 0.123 e. The summed E-state index contributed by atoms with van der Waals surface area (Å²) in [6, 6.07) is 22.4. The van der Waals surface area contributed by atoms with Crippen LogP contribution >= 0.6 is 11.6 Å². The zero-order valence-corrected chi connectivity index (χ0v) is 16.5. The minimum Gasteiger partial charge on any atom is -0.384 e. The predicted molar refractivity (Wildman–Crippen MR) is 116 cm³/mol. The number of pyridine rings is 1. The van der Waals surface area contributed by atoms with Gasteiger partial charge in [0.2, 0.25) is 0 Å². The molecule has 0 amide bonds. The molecule has 0 aliphatic rings. The third-order valence-corrected chi connectivity index (χ3v) is 5.19. The summed E-state index contributed by atoms with van der Waals surface area (Å²) >= 11 is 6.52. The fourth-order valence-electron chi connectivity index (χ4n) is 3.49. The lowest BCUT2D eigenvalue weighted by Crippen LogP contribution is -2.05. The standard InChI is InChI=1S/C23H22ClN3O/c1-28-12-11-16-9-10-17-14-22(19-6-2-3-7-20(19)24)27(21(17)13-16)15-18-5-4-8-23(25)26-18/h2-10,13-14H,11-12,15H2,1H3,(H2,25,26). The zero-order chi connectivity index (χ0) is 19.5. The molecule has 0 fully saturated rings. The number of nitrogens with zero attached hydrogens (tertiary/aromatic N) is 2. The number of rotatable bonds is 6. The maximum absolute atomic E-state index is 6.52. The Morgan fingerprint density at radius 1 is 1.04 bits per heavy atom. The van der Waals surface area contributed by atoms with Gasteiger partial charge in [-0.3, -0.25) is 0 Å². The minimum atomic E-state index is 0.522. The van der Waals surface area contributed by atoms with Crippen molar-refractivity contribution in [3.8, 4) is 11.3 Å². The lowest BCUT2D eigenvalue weighted by molar-refractivity contribution is 0.202. The van der Waals surface area contributed by atoms with Crippen molar-refractivity contribution in [3.05, 3.63) is 83.0 Å². The van der Waals surface area contributed by atoms with E-state index in [1.54, 1.807) is 13.2 Å². The number of anilines is 1. The molecule has 2 heterocycles. The number of hydrogen-bond acceptors (Lipinski definition) is 3. The normalized spacial score (nSPS) is 11.2. The van der Waals surface area contributed by atoms with Crippen LogP contribution in [-0.2, 0) is 17.7 Å². The second-order valence-electron chi connectivity index (χ2n) is 6.79. The number of aromatic nitrogens is 2. The van der Waals surface area contributed by atoms with Crippen LogP contribution in [0.3, 0.4) is 0 Å². The number of ether oxygens (including phenoxy) is 1. The van der Waals surface area contributed by atoms with Crippen LogP contribution in [0, 0.1) is 0 Å². The summed E-state index contributed by atoms with van der Waals surface area (Å²) in [7, 11) is 1.72. The van der Waals surface area contributed by atoms with E-state index in [0.29, 0.717) is 19.0 Å². The largest absolute Gasteiger partial charge is 0.384 e. The highest BCUT2D eigenvalue weighted by molar-refractivity contribution is 6.33. The van der Waals surface area contributed by atoms with Crippen LogP contribution in [-0.4, -0.2) is 23.3 Å². The predicted octanol–water partition coefficient (Wildman–Crippen LogP) is 5.18. The summed E-state index contributed by atoms with van der Waals surface area (Å²) in [5.74, 6) is 0.522. The molecule has 0 spiro atoms. The van der Waals surface area contributed by atoms with E-state index in [2.05, 4.69) is 33.8 Å². The number of nitrogen functional groups attached to an aromatic ring is 1. The fraction of sp³-hybridized carbons (Fsp3) is 0.174. The Bertz CT molecular complexity index is 1120. The van der Waals surface area contributed by atoms with Crippen molar-refractivity contribution in [1.29, 1.82) is 0 Å². The monoisotopic (exact) mass is 391 g/mol. The Hall–Kier alpha value is -2.82. The molecule has 0 bridgehead atoms. The van der Waals surface area contributed by atoms with Gasteiger partial charge in [-0.2, -0.15) is 0 Å². The van der Waals surface area contributed by atoms with E-state index in [0.717, 1.165) is 33.9 Å². The van der Waals surface area contributed by atoms with E-state index in [4.69, 9.17) is 22.1 Å². The highest BCUT2D eigenvalue weighted by atomic mass is 35.5. The highest BCUT2D eigenvalue weighted by Gasteiger charge is 2.14. The van der Waals surface area contributed by atoms with Crippen LogP contribution < -0.4 is 5.73 Å².